The molecule has 12 nitrogen and oxygen atoms in total. The van der Waals surface area contributed by atoms with Gasteiger partial charge in [-0.2, -0.15) is 0 Å². The highest BCUT2D eigenvalue weighted by Gasteiger charge is 2.65. The Bertz CT molecular complexity index is 2290. The van der Waals surface area contributed by atoms with E-state index in [2.05, 4.69) is 25.2 Å². The molecule has 1 amide bonds. The Morgan fingerprint density at radius 2 is 1.85 bits per heavy atom. The fraction of sp³-hybridized carbons (Fsp3) is 0.543. The number of Topliss-reactive ketones (excluding diaryl/α,β-unsaturated/α-hetero) is 1. The number of ketones is 1. The molecule has 0 bridgehead atoms. The Labute approximate surface area is 365 Å². The predicted octanol–water partition coefficient (Wildman–Crippen LogP) is 9.80. The smallest absolute Gasteiger partial charge is 0.306 e. The summed E-state index contributed by atoms with van der Waals surface area (Å²) in [6.07, 6.45) is 11.3. The van der Waals surface area contributed by atoms with Crippen LogP contribution < -0.4 is 14.8 Å². The molecule has 2 aliphatic heterocycles. The standard InChI is InChI=1S/C46H57N4O8PS2/c1-29(2)47-45-49-39(28-61-45)38-23-42(36-18-17-33(56-3)21-37(36)48-38)57-34-22-40-41(51)25-46(59(54,55)27-35-16-11-19-60-35)24-31(46)13-8-6-4-5-7-12-30(44(53)50(40)26-34)20-43(52)58-32-14-9-10-15-32/h8,11,13,16-19,21,23,28-32,34,40H,4-7,9-10,12,14-15,20,22,24-27H2,1-3H3,(H,47,49)(H,54,55)/b13-8-/t30-,31+,34-,40+,46-/m1/s1. The fourth-order valence-corrected chi connectivity index (χ4v) is 13.9. The lowest BCUT2D eigenvalue weighted by Gasteiger charge is -2.30. The van der Waals surface area contributed by atoms with Gasteiger partial charge < -0.3 is 29.3 Å². The SMILES string of the molecule is COc1ccc2c(O[C@@H]3C[C@H]4C(=O)C[C@]5(P(=O)(O)Cc6cccs6)C[C@@H]5/C=C\CCCCC[C@H](CC(=O)OC5CCCC5)C(=O)N4C3)cc(-c3csc(NC(C)C)n3)nc2c1. The van der Waals surface area contributed by atoms with Gasteiger partial charge in [-0.3, -0.25) is 18.9 Å². The molecule has 8 rings (SSSR count). The van der Waals surface area contributed by atoms with Crippen LogP contribution in [0.25, 0.3) is 22.3 Å². The normalized spacial score (nSPS) is 26.5. The van der Waals surface area contributed by atoms with Crippen LogP contribution in [0.5, 0.6) is 11.5 Å². The van der Waals surface area contributed by atoms with Crippen molar-refractivity contribution in [3.05, 3.63) is 64.2 Å². The van der Waals surface area contributed by atoms with E-state index in [0.29, 0.717) is 41.2 Å². The zero-order chi connectivity index (χ0) is 42.7. The Balaban J connectivity index is 1.13. The quantitative estimate of drug-likeness (QED) is 0.0793. The van der Waals surface area contributed by atoms with E-state index in [1.54, 1.807) is 12.0 Å². The van der Waals surface area contributed by atoms with Crippen LogP contribution in [0.15, 0.2) is 59.3 Å². The molecule has 4 aliphatic rings. The van der Waals surface area contributed by atoms with E-state index in [4.69, 9.17) is 24.2 Å². The third-order valence-corrected chi connectivity index (χ3v) is 17.5. The van der Waals surface area contributed by atoms with E-state index < -0.39 is 30.6 Å². The van der Waals surface area contributed by atoms with Gasteiger partial charge in [0.15, 0.2) is 10.9 Å². The van der Waals surface area contributed by atoms with Gasteiger partial charge in [0.2, 0.25) is 13.3 Å². The van der Waals surface area contributed by atoms with Crippen LogP contribution in [0.2, 0.25) is 0 Å². The van der Waals surface area contributed by atoms with Crippen LogP contribution in [0, 0.1) is 11.8 Å². The molecule has 5 heterocycles. The second-order valence-corrected chi connectivity index (χ2v) is 22.1. The van der Waals surface area contributed by atoms with Gasteiger partial charge in [0.05, 0.1) is 48.6 Å². The number of amides is 1. The number of carbonyl (C=O) groups excluding carboxylic acids is 3. The number of thiophene rings is 1. The summed E-state index contributed by atoms with van der Waals surface area (Å²) in [5.74, 6) is -0.636. The second kappa shape index (κ2) is 18.7. The van der Waals surface area contributed by atoms with E-state index in [-0.39, 0.29) is 67.7 Å². The van der Waals surface area contributed by atoms with Crippen molar-refractivity contribution in [1.82, 2.24) is 14.9 Å². The molecule has 1 unspecified atom stereocenters. The molecule has 61 heavy (non-hydrogen) atoms. The topological polar surface area (TPSA) is 157 Å². The summed E-state index contributed by atoms with van der Waals surface area (Å²) in [6.45, 7) is 4.22. The van der Waals surface area contributed by atoms with E-state index in [0.717, 1.165) is 66.8 Å². The molecule has 1 saturated heterocycles. The van der Waals surface area contributed by atoms with Gasteiger partial charge in [0.1, 0.15) is 29.4 Å². The first-order chi connectivity index (χ1) is 29.4. The number of thiazole rings is 1. The summed E-state index contributed by atoms with van der Waals surface area (Å²) in [5.41, 5.74) is 1.91. The number of nitrogens with one attached hydrogen (secondary N) is 1. The average molecular weight is 889 g/mol. The molecule has 2 aliphatic carbocycles. The number of fused-ring (bicyclic) bond motifs is 3. The number of benzene rings is 1. The van der Waals surface area contributed by atoms with Gasteiger partial charge in [-0.25, -0.2) is 9.97 Å². The van der Waals surface area contributed by atoms with Gasteiger partial charge in [-0.15, -0.1) is 22.7 Å². The molecule has 2 N–H and O–H groups in total. The number of rotatable bonds is 12. The molecule has 2 saturated carbocycles. The van der Waals surface area contributed by atoms with Crippen molar-refractivity contribution in [3.63, 3.8) is 0 Å². The van der Waals surface area contributed by atoms with Crippen molar-refractivity contribution in [3.8, 4) is 22.9 Å². The molecule has 1 aromatic carbocycles. The van der Waals surface area contributed by atoms with Crippen molar-refractivity contribution >= 4 is 63.7 Å². The Morgan fingerprint density at radius 3 is 2.62 bits per heavy atom. The van der Waals surface area contributed by atoms with Gasteiger partial charge >= 0.3 is 5.97 Å². The first-order valence-electron chi connectivity index (χ1n) is 21.8. The summed E-state index contributed by atoms with van der Waals surface area (Å²) in [6, 6.07) is 10.5. The number of allylic oxidation sites excluding steroid dienone is 2. The van der Waals surface area contributed by atoms with Crippen molar-refractivity contribution in [2.75, 3.05) is 19.0 Å². The lowest BCUT2D eigenvalue weighted by atomic mass is 9.94. The molecule has 326 valence electrons. The molecule has 6 atom stereocenters. The summed E-state index contributed by atoms with van der Waals surface area (Å²) < 4.78 is 32.8. The lowest BCUT2D eigenvalue weighted by molar-refractivity contribution is -0.154. The maximum absolute atomic E-state index is 14.9. The zero-order valence-corrected chi connectivity index (χ0v) is 37.8. The van der Waals surface area contributed by atoms with Crippen molar-refractivity contribution in [1.29, 1.82) is 0 Å². The van der Waals surface area contributed by atoms with Gasteiger partial charge in [-0.1, -0.05) is 31.1 Å². The number of ether oxygens (including phenoxy) is 3. The van der Waals surface area contributed by atoms with E-state index >= 15 is 0 Å². The maximum atomic E-state index is 14.9. The van der Waals surface area contributed by atoms with Gasteiger partial charge in [0.25, 0.3) is 0 Å². The fourth-order valence-electron chi connectivity index (χ4n) is 9.42. The number of hydrogen-bond acceptors (Lipinski definition) is 12. The first-order valence-corrected chi connectivity index (χ1v) is 25.4. The van der Waals surface area contributed by atoms with Crippen molar-refractivity contribution < 1.29 is 38.1 Å². The highest BCUT2D eigenvalue weighted by molar-refractivity contribution is 7.59. The Morgan fingerprint density at radius 1 is 1.03 bits per heavy atom. The van der Waals surface area contributed by atoms with Gasteiger partial charge in [-0.05, 0) is 94.7 Å². The minimum Gasteiger partial charge on any atom is -0.497 e. The number of pyridine rings is 1. The summed E-state index contributed by atoms with van der Waals surface area (Å²) in [5, 5.41) is 7.58. The second-order valence-electron chi connectivity index (χ2n) is 17.6. The molecule has 15 heteroatoms. The third kappa shape index (κ3) is 9.93. The van der Waals surface area contributed by atoms with Crippen LogP contribution in [0.1, 0.15) is 102 Å². The van der Waals surface area contributed by atoms with Crippen LogP contribution in [0.3, 0.4) is 0 Å². The zero-order valence-electron chi connectivity index (χ0n) is 35.3. The van der Waals surface area contributed by atoms with E-state index in [1.165, 1.54) is 22.7 Å². The number of hydrogen-bond donors (Lipinski definition) is 2. The summed E-state index contributed by atoms with van der Waals surface area (Å²) >= 11 is 2.93. The van der Waals surface area contributed by atoms with Crippen LogP contribution >= 0.6 is 30.0 Å². The number of methoxy groups -OCH3 is 1. The molecular formula is C46H57N4O8PS2. The summed E-state index contributed by atoms with van der Waals surface area (Å²) in [7, 11) is -2.29. The minimum atomic E-state index is -3.89. The van der Waals surface area contributed by atoms with E-state index in [1.807, 2.05) is 53.2 Å². The number of carbonyl (C=O) groups is 3. The number of aromatic nitrogens is 2. The average Bonchev–Trinajstić information content (AvgIpc) is 3.86. The minimum absolute atomic E-state index is 0.00274. The Kier molecular flexibility index (Phi) is 13.4. The molecule has 3 fully saturated rings. The summed E-state index contributed by atoms with van der Waals surface area (Å²) in [4.78, 5) is 67.3. The monoisotopic (exact) mass is 888 g/mol. The van der Waals surface area contributed by atoms with Crippen molar-refractivity contribution in [2.24, 2.45) is 11.8 Å². The van der Waals surface area contributed by atoms with Crippen LogP contribution in [-0.4, -0.2) is 80.5 Å². The highest BCUT2D eigenvalue weighted by Crippen LogP contribution is 2.74. The number of nitrogens with zero attached hydrogens (tertiary/aromatic N) is 3. The van der Waals surface area contributed by atoms with Crippen molar-refractivity contribution in [2.45, 2.75) is 133 Å². The lowest BCUT2D eigenvalue weighted by Crippen LogP contribution is -2.45. The Hall–Kier alpha value is -4.10. The van der Waals surface area contributed by atoms with Crippen LogP contribution in [-0.2, 0) is 29.8 Å². The molecule has 0 spiro atoms. The number of anilines is 1. The third-order valence-electron chi connectivity index (χ3n) is 12.8. The van der Waals surface area contributed by atoms with E-state index in [9.17, 15) is 23.8 Å². The molecular weight excluding hydrogens is 832 g/mol. The van der Waals surface area contributed by atoms with Gasteiger partial charge in [0, 0.05) is 52.6 Å². The molecule has 3 aromatic heterocycles. The molecule has 4 aromatic rings. The highest BCUT2D eigenvalue weighted by atomic mass is 32.1. The maximum Gasteiger partial charge on any atom is 0.306 e. The molecule has 0 radical (unpaired) electrons. The predicted molar refractivity (Wildman–Crippen MR) is 240 cm³/mol. The largest absolute Gasteiger partial charge is 0.497 e. The van der Waals surface area contributed by atoms with Crippen LogP contribution in [0.4, 0.5) is 5.13 Å². The first kappa shape index (κ1) is 43.5. The number of esters is 1.